The van der Waals surface area contributed by atoms with Crippen LogP contribution in [0, 0.1) is 5.92 Å². The largest absolute Gasteiger partial charge is 0.393 e. The Morgan fingerprint density at radius 2 is 2.18 bits per heavy atom. The maximum Gasteiger partial charge on any atom is 0.239 e. The number of nitrogens with one attached hydrogen (secondary N) is 1. The van der Waals surface area contributed by atoms with Crippen LogP contribution >= 0.6 is 0 Å². The van der Waals surface area contributed by atoms with Crippen LogP contribution in [0.1, 0.15) is 39.0 Å². The van der Waals surface area contributed by atoms with Crippen LogP contribution in [0.3, 0.4) is 0 Å². The van der Waals surface area contributed by atoms with Crippen molar-refractivity contribution >= 4 is 5.91 Å². The molecule has 0 bridgehead atoms. The van der Waals surface area contributed by atoms with E-state index in [1.54, 1.807) is 0 Å². The Bertz CT molecular complexity index is 262. The molecule has 2 aliphatic heterocycles. The number of aliphatic hydroxyl groups excluding tert-OH is 1. The van der Waals surface area contributed by atoms with Crippen molar-refractivity contribution in [1.29, 1.82) is 0 Å². The van der Waals surface area contributed by atoms with Crippen LogP contribution in [0.4, 0.5) is 0 Å². The standard InChI is InChI=1S/C13H24N2O2/c1-10(16)11-5-4-8-15(9-11)13(17)12-6-2-3-7-14-12/h10-12,14,16H,2-9H2,1H3. The number of rotatable bonds is 2. The molecule has 17 heavy (non-hydrogen) atoms. The molecule has 4 nitrogen and oxygen atoms in total. The van der Waals surface area contributed by atoms with E-state index in [-0.39, 0.29) is 24.0 Å². The Hall–Kier alpha value is -0.610. The van der Waals surface area contributed by atoms with Gasteiger partial charge < -0.3 is 15.3 Å². The van der Waals surface area contributed by atoms with Crippen molar-refractivity contribution in [1.82, 2.24) is 10.2 Å². The van der Waals surface area contributed by atoms with Crippen molar-refractivity contribution < 1.29 is 9.90 Å². The number of carbonyl (C=O) groups excluding carboxylic acids is 1. The van der Waals surface area contributed by atoms with Crippen LogP contribution in [0.15, 0.2) is 0 Å². The number of hydrogen-bond donors (Lipinski definition) is 2. The number of carbonyl (C=O) groups is 1. The molecule has 0 spiro atoms. The molecule has 2 N–H and O–H groups in total. The summed E-state index contributed by atoms with van der Waals surface area (Å²) in [7, 11) is 0. The fourth-order valence-electron chi connectivity index (χ4n) is 2.89. The van der Waals surface area contributed by atoms with Crippen molar-refractivity contribution in [3.05, 3.63) is 0 Å². The molecule has 4 heteroatoms. The van der Waals surface area contributed by atoms with E-state index in [0.717, 1.165) is 45.3 Å². The Morgan fingerprint density at radius 1 is 1.35 bits per heavy atom. The van der Waals surface area contributed by atoms with Crippen LogP contribution in [-0.2, 0) is 4.79 Å². The third kappa shape index (κ3) is 3.19. The molecular weight excluding hydrogens is 216 g/mol. The minimum Gasteiger partial charge on any atom is -0.393 e. The van der Waals surface area contributed by atoms with E-state index >= 15 is 0 Å². The van der Waals surface area contributed by atoms with Gasteiger partial charge in [0.15, 0.2) is 0 Å². The molecule has 98 valence electrons. The van der Waals surface area contributed by atoms with Crippen molar-refractivity contribution in [2.24, 2.45) is 5.92 Å². The molecule has 0 radical (unpaired) electrons. The highest BCUT2D eigenvalue weighted by Crippen LogP contribution is 2.21. The fraction of sp³-hybridized carbons (Fsp3) is 0.923. The summed E-state index contributed by atoms with van der Waals surface area (Å²) >= 11 is 0. The Morgan fingerprint density at radius 3 is 2.82 bits per heavy atom. The molecule has 0 aliphatic carbocycles. The summed E-state index contributed by atoms with van der Waals surface area (Å²) in [5, 5.41) is 12.9. The Kier molecular flexibility index (Phi) is 4.40. The number of piperidine rings is 2. The van der Waals surface area contributed by atoms with E-state index in [2.05, 4.69) is 5.32 Å². The predicted molar refractivity (Wildman–Crippen MR) is 66.6 cm³/mol. The first-order chi connectivity index (χ1) is 8.18. The molecule has 2 aliphatic rings. The number of nitrogens with zero attached hydrogens (tertiary/aromatic N) is 1. The van der Waals surface area contributed by atoms with Crippen molar-refractivity contribution in [3.63, 3.8) is 0 Å². The molecule has 2 saturated heterocycles. The smallest absolute Gasteiger partial charge is 0.239 e. The van der Waals surface area contributed by atoms with Gasteiger partial charge in [-0.2, -0.15) is 0 Å². The second-order valence-electron chi connectivity index (χ2n) is 5.43. The highest BCUT2D eigenvalue weighted by atomic mass is 16.3. The van der Waals surface area contributed by atoms with E-state index < -0.39 is 0 Å². The van der Waals surface area contributed by atoms with Crippen LogP contribution in [0.5, 0.6) is 0 Å². The summed E-state index contributed by atoms with van der Waals surface area (Å²) in [6, 6.07) is 0.0245. The zero-order valence-electron chi connectivity index (χ0n) is 10.7. The van der Waals surface area contributed by atoms with Gasteiger partial charge in [-0.1, -0.05) is 6.42 Å². The van der Waals surface area contributed by atoms with Gasteiger partial charge in [-0.25, -0.2) is 0 Å². The van der Waals surface area contributed by atoms with Crippen molar-refractivity contribution in [2.45, 2.75) is 51.2 Å². The van der Waals surface area contributed by atoms with E-state index in [1.807, 2.05) is 11.8 Å². The average molecular weight is 240 g/mol. The summed E-state index contributed by atoms with van der Waals surface area (Å²) in [5.74, 6) is 0.506. The van der Waals surface area contributed by atoms with Gasteiger partial charge >= 0.3 is 0 Å². The lowest BCUT2D eigenvalue weighted by Crippen LogP contribution is -2.52. The normalized spacial score (nSPS) is 32.2. The highest BCUT2D eigenvalue weighted by molar-refractivity contribution is 5.82. The summed E-state index contributed by atoms with van der Waals surface area (Å²) in [6.07, 6.45) is 5.06. The second-order valence-corrected chi connectivity index (χ2v) is 5.43. The Labute approximate surface area is 103 Å². The Balaban J connectivity index is 1.89. The minimum absolute atomic E-state index is 0.0245. The first-order valence-corrected chi connectivity index (χ1v) is 6.88. The minimum atomic E-state index is -0.301. The lowest BCUT2D eigenvalue weighted by atomic mass is 9.92. The molecule has 3 atom stereocenters. The van der Waals surface area contributed by atoms with Gasteiger partial charge in [-0.3, -0.25) is 4.79 Å². The lowest BCUT2D eigenvalue weighted by molar-refractivity contribution is -0.136. The topological polar surface area (TPSA) is 52.6 Å². The van der Waals surface area contributed by atoms with Gasteiger partial charge in [0.05, 0.1) is 12.1 Å². The molecule has 2 fully saturated rings. The van der Waals surface area contributed by atoms with E-state index in [1.165, 1.54) is 6.42 Å². The number of likely N-dealkylation sites (tertiary alicyclic amines) is 1. The van der Waals surface area contributed by atoms with Gasteiger partial charge in [0, 0.05) is 19.0 Å². The van der Waals surface area contributed by atoms with Crippen LogP contribution in [0.25, 0.3) is 0 Å². The van der Waals surface area contributed by atoms with Gasteiger partial charge in [0.2, 0.25) is 5.91 Å². The third-order valence-electron chi connectivity index (χ3n) is 4.06. The molecule has 0 aromatic heterocycles. The highest BCUT2D eigenvalue weighted by Gasteiger charge is 2.30. The molecular formula is C13H24N2O2. The van der Waals surface area contributed by atoms with Gasteiger partial charge in [0.1, 0.15) is 0 Å². The van der Waals surface area contributed by atoms with Gasteiger partial charge in [-0.05, 0) is 39.2 Å². The quantitative estimate of drug-likeness (QED) is 0.749. The van der Waals surface area contributed by atoms with Crippen LogP contribution in [0.2, 0.25) is 0 Å². The summed E-state index contributed by atoms with van der Waals surface area (Å²) in [5.41, 5.74) is 0. The molecule has 3 unspecified atom stereocenters. The van der Waals surface area contributed by atoms with Crippen LogP contribution < -0.4 is 5.32 Å². The SMILES string of the molecule is CC(O)C1CCCN(C(=O)C2CCCCN2)C1. The summed E-state index contributed by atoms with van der Waals surface area (Å²) < 4.78 is 0. The third-order valence-corrected chi connectivity index (χ3v) is 4.06. The van der Waals surface area contributed by atoms with E-state index in [0.29, 0.717) is 0 Å². The van der Waals surface area contributed by atoms with Gasteiger partial charge in [0.25, 0.3) is 0 Å². The maximum atomic E-state index is 12.3. The average Bonchev–Trinajstić information content (AvgIpc) is 2.39. The lowest BCUT2D eigenvalue weighted by Gasteiger charge is -2.37. The molecule has 2 heterocycles. The van der Waals surface area contributed by atoms with Crippen molar-refractivity contribution in [3.8, 4) is 0 Å². The second kappa shape index (κ2) is 5.83. The summed E-state index contributed by atoms with van der Waals surface area (Å²) in [4.78, 5) is 14.3. The zero-order chi connectivity index (χ0) is 12.3. The molecule has 0 aromatic carbocycles. The fourth-order valence-corrected chi connectivity index (χ4v) is 2.89. The number of amides is 1. The van der Waals surface area contributed by atoms with Crippen LogP contribution in [-0.4, -0.2) is 47.7 Å². The molecule has 1 amide bonds. The molecule has 0 saturated carbocycles. The van der Waals surface area contributed by atoms with E-state index in [4.69, 9.17) is 0 Å². The molecule has 0 aromatic rings. The molecule has 2 rings (SSSR count). The monoisotopic (exact) mass is 240 g/mol. The predicted octanol–water partition coefficient (Wildman–Crippen LogP) is 0.748. The first kappa shape index (κ1) is 12.8. The zero-order valence-corrected chi connectivity index (χ0v) is 10.7. The number of aliphatic hydroxyl groups is 1. The summed E-state index contributed by atoms with van der Waals surface area (Å²) in [6.45, 7) is 4.39. The van der Waals surface area contributed by atoms with Gasteiger partial charge in [-0.15, -0.1) is 0 Å². The van der Waals surface area contributed by atoms with Crippen molar-refractivity contribution in [2.75, 3.05) is 19.6 Å². The van der Waals surface area contributed by atoms with E-state index in [9.17, 15) is 9.90 Å². The maximum absolute atomic E-state index is 12.3. The number of hydrogen-bond acceptors (Lipinski definition) is 3. The first-order valence-electron chi connectivity index (χ1n) is 6.88.